The summed E-state index contributed by atoms with van der Waals surface area (Å²) in [5.74, 6) is 4.44. The van der Waals surface area contributed by atoms with E-state index in [2.05, 4.69) is 26.5 Å². The highest BCUT2D eigenvalue weighted by Crippen LogP contribution is 2.06. The summed E-state index contributed by atoms with van der Waals surface area (Å²) >= 11 is 0. The number of esters is 1. The molecule has 0 aliphatic rings. The quantitative estimate of drug-likeness (QED) is 0.528. The van der Waals surface area contributed by atoms with E-state index in [9.17, 15) is 4.79 Å². The molecule has 0 spiro atoms. The first-order valence-electron chi connectivity index (χ1n) is 4.25. The molecule has 0 bridgehead atoms. The van der Waals surface area contributed by atoms with Gasteiger partial charge in [0.25, 0.3) is 0 Å². The summed E-state index contributed by atoms with van der Waals surface area (Å²) in [4.78, 5) is 18.8. The maximum atomic E-state index is 11.2. The van der Waals surface area contributed by atoms with Crippen LogP contribution >= 0.6 is 0 Å². The van der Waals surface area contributed by atoms with Crippen molar-refractivity contribution in [3.63, 3.8) is 0 Å². The van der Waals surface area contributed by atoms with E-state index in [-0.39, 0.29) is 23.6 Å². The Kier molecular flexibility index (Phi) is 3.82. The van der Waals surface area contributed by atoms with Crippen LogP contribution in [0.25, 0.3) is 0 Å². The van der Waals surface area contributed by atoms with Crippen molar-refractivity contribution in [3.8, 4) is 17.9 Å². The molecule has 0 unspecified atom stereocenters. The Hall–Kier alpha value is -2.60. The van der Waals surface area contributed by atoms with Gasteiger partial charge in [0.05, 0.1) is 25.8 Å². The molecule has 2 N–H and O–H groups in total. The Bertz CT molecular complexity index is 508. The van der Waals surface area contributed by atoms with Gasteiger partial charge in [-0.1, -0.05) is 5.92 Å². The number of hydrogen-bond donors (Lipinski definition) is 1. The molecule has 0 aliphatic heterocycles. The first kappa shape index (κ1) is 11.5. The second-order valence-corrected chi connectivity index (χ2v) is 2.62. The molecule has 6 heteroatoms. The van der Waals surface area contributed by atoms with Gasteiger partial charge in [0.1, 0.15) is 5.69 Å². The fourth-order valence-corrected chi connectivity index (χ4v) is 0.880. The summed E-state index contributed by atoms with van der Waals surface area (Å²) in [7, 11) is 1.22. The molecule has 0 saturated heterocycles. The Morgan fingerprint density at radius 2 is 2.44 bits per heavy atom. The topological polar surface area (TPSA) is 102 Å². The van der Waals surface area contributed by atoms with Gasteiger partial charge in [0, 0.05) is 0 Å². The Morgan fingerprint density at radius 3 is 3.06 bits per heavy atom. The van der Waals surface area contributed by atoms with E-state index in [0.717, 1.165) is 0 Å². The van der Waals surface area contributed by atoms with E-state index in [0.29, 0.717) is 0 Å². The number of nitrogen functional groups attached to an aromatic ring is 1. The van der Waals surface area contributed by atoms with Crippen LogP contribution in [0.1, 0.15) is 22.6 Å². The molecule has 0 fully saturated rings. The van der Waals surface area contributed by atoms with Crippen LogP contribution in [0.4, 0.5) is 5.82 Å². The maximum Gasteiger partial charge on any atom is 0.360 e. The molecule has 6 nitrogen and oxygen atoms in total. The molecule has 0 aliphatic carbocycles. The summed E-state index contributed by atoms with van der Waals surface area (Å²) in [6.45, 7) is 0. The van der Waals surface area contributed by atoms with Crippen LogP contribution < -0.4 is 5.73 Å². The number of rotatable bonds is 1. The lowest BCUT2D eigenvalue weighted by Crippen LogP contribution is -2.10. The minimum atomic E-state index is -0.672. The van der Waals surface area contributed by atoms with E-state index in [4.69, 9.17) is 11.0 Å². The zero-order chi connectivity index (χ0) is 12.0. The molecule has 1 rings (SSSR count). The molecule has 0 atom stereocenters. The third kappa shape index (κ3) is 2.69. The SMILES string of the molecule is COC(=O)c1nc(C#CCC#N)cnc1N. The van der Waals surface area contributed by atoms with Crippen molar-refractivity contribution in [2.75, 3.05) is 12.8 Å². The first-order valence-corrected chi connectivity index (χ1v) is 4.25. The van der Waals surface area contributed by atoms with Crippen molar-refractivity contribution in [1.82, 2.24) is 9.97 Å². The van der Waals surface area contributed by atoms with E-state index in [1.807, 2.05) is 6.07 Å². The zero-order valence-corrected chi connectivity index (χ0v) is 8.52. The molecule has 1 aromatic heterocycles. The second-order valence-electron chi connectivity index (χ2n) is 2.62. The largest absolute Gasteiger partial charge is 0.464 e. The second kappa shape index (κ2) is 5.32. The van der Waals surface area contributed by atoms with Crippen molar-refractivity contribution >= 4 is 11.8 Å². The van der Waals surface area contributed by atoms with Gasteiger partial charge in [-0.3, -0.25) is 0 Å². The third-order valence-electron chi connectivity index (χ3n) is 1.56. The van der Waals surface area contributed by atoms with Crippen LogP contribution in [0.3, 0.4) is 0 Å². The van der Waals surface area contributed by atoms with Crippen molar-refractivity contribution in [1.29, 1.82) is 5.26 Å². The highest BCUT2D eigenvalue weighted by molar-refractivity contribution is 5.91. The number of hydrogen-bond acceptors (Lipinski definition) is 6. The van der Waals surface area contributed by atoms with Gasteiger partial charge in [-0.2, -0.15) is 5.26 Å². The number of aromatic nitrogens is 2. The molecule has 0 radical (unpaired) electrons. The van der Waals surface area contributed by atoms with Gasteiger partial charge < -0.3 is 10.5 Å². The molecular weight excluding hydrogens is 208 g/mol. The molecule has 1 heterocycles. The van der Waals surface area contributed by atoms with Crippen LogP contribution in [-0.2, 0) is 4.74 Å². The van der Waals surface area contributed by atoms with Crippen LogP contribution in [0.5, 0.6) is 0 Å². The third-order valence-corrected chi connectivity index (χ3v) is 1.56. The molecular formula is C10H8N4O2. The number of ether oxygens (including phenoxy) is 1. The van der Waals surface area contributed by atoms with Gasteiger partial charge in [0.2, 0.25) is 0 Å². The van der Waals surface area contributed by atoms with E-state index in [1.165, 1.54) is 13.3 Å². The molecule has 80 valence electrons. The highest BCUT2D eigenvalue weighted by atomic mass is 16.5. The Morgan fingerprint density at radius 1 is 1.69 bits per heavy atom. The molecule has 0 aromatic carbocycles. The fraction of sp³-hybridized carbons (Fsp3) is 0.200. The summed E-state index contributed by atoms with van der Waals surface area (Å²) < 4.78 is 4.48. The smallest absolute Gasteiger partial charge is 0.360 e. The standard InChI is InChI=1S/C10H8N4O2/c1-16-10(15)8-9(12)13-6-7(14-8)4-2-3-5-11/h6H,3H2,1H3,(H2,12,13). The number of anilines is 1. The van der Waals surface area contributed by atoms with E-state index < -0.39 is 5.97 Å². The van der Waals surface area contributed by atoms with Crippen molar-refractivity contribution in [2.45, 2.75) is 6.42 Å². The number of carbonyl (C=O) groups is 1. The highest BCUT2D eigenvalue weighted by Gasteiger charge is 2.13. The minimum absolute atomic E-state index is 0.0160. The summed E-state index contributed by atoms with van der Waals surface area (Å²) in [5, 5.41) is 8.29. The predicted molar refractivity (Wildman–Crippen MR) is 54.9 cm³/mol. The number of nitriles is 1. The molecule has 1 aromatic rings. The zero-order valence-electron chi connectivity index (χ0n) is 8.52. The van der Waals surface area contributed by atoms with Gasteiger partial charge in [-0.05, 0) is 5.92 Å². The summed E-state index contributed by atoms with van der Waals surface area (Å²) in [6, 6.07) is 1.86. The van der Waals surface area contributed by atoms with E-state index >= 15 is 0 Å². The monoisotopic (exact) mass is 216 g/mol. The predicted octanol–water partition coefficient (Wildman–Crippen LogP) is 0.111. The summed E-state index contributed by atoms with van der Waals surface area (Å²) in [6.07, 6.45) is 1.41. The van der Waals surface area contributed by atoms with Gasteiger partial charge >= 0.3 is 5.97 Å². The normalized spacial score (nSPS) is 8.50. The summed E-state index contributed by atoms with van der Waals surface area (Å²) in [5.41, 5.74) is 5.64. The lowest BCUT2D eigenvalue weighted by molar-refractivity contribution is 0.0595. The lowest BCUT2D eigenvalue weighted by atomic mass is 10.3. The van der Waals surface area contributed by atoms with Crippen LogP contribution in [0.15, 0.2) is 6.20 Å². The van der Waals surface area contributed by atoms with Crippen molar-refractivity contribution in [2.24, 2.45) is 0 Å². The molecule has 0 saturated carbocycles. The fourth-order valence-electron chi connectivity index (χ4n) is 0.880. The first-order chi connectivity index (χ1) is 7.69. The molecule has 0 amide bonds. The average molecular weight is 216 g/mol. The lowest BCUT2D eigenvalue weighted by Gasteiger charge is -2.01. The van der Waals surface area contributed by atoms with E-state index in [1.54, 1.807) is 0 Å². The Labute approximate surface area is 92.1 Å². The van der Waals surface area contributed by atoms with Gasteiger partial charge in [-0.25, -0.2) is 14.8 Å². The van der Waals surface area contributed by atoms with Crippen molar-refractivity contribution < 1.29 is 9.53 Å². The Balaban J connectivity index is 3.05. The van der Waals surface area contributed by atoms with Gasteiger partial charge in [-0.15, -0.1) is 0 Å². The minimum Gasteiger partial charge on any atom is -0.464 e. The number of nitrogens with zero attached hydrogens (tertiary/aromatic N) is 3. The maximum absolute atomic E-state index is 11.2. The average Bonchev–Trinajstić information content (AvgIpc) is 2.30. The number of carbonyl (C=O) groups excluding carboxylic acids is 1. The van der Waals surface area contributed by atoms with Crippen LogP contribution in [0.2, 0.25) is 0 Å². The van der Waals surface area contributed by atoms with Crippen molar-refractivity contribution in [3.05, 3.63) is 17.6 Å². The van der Waals surface area contributed by atoms with Crippen LogP contribution in [0, 0.1) is 23.2 Å². The number of methoxy groups -OCH3 is 1. The number of nitrogens with two attached hydrogens (primary N) is 1. The van der Waals surface area contributed by atoms with Crippen LogP contribution in [-0.4, -0.2) is 23.0 Å². The van der Waals surface area contributed by atoms with Gasteiger partial charge in [0.15, 0.2) is 11.5 Å². The molecule has 16 heavy (non-hydrogen) atoms.